The predicted molar refractivity (Wildman–Crippen MR) is 244 cm³/mol. The second kappa shape index (κ2) is 25.8. The molecule has 16 nitrogen and oxygen atoms in total. The summed E-state index contributed by atoms with van der Waals surface area (Å²) in [6, 6.07) is 23.5. The zero-order valence-corrected chi connectivity index (χ0v) is 39.2. The third-order valence-corrected chi connectivity index (χ3v) is 8.79. The number of halogens is 1. The Labute approximate surface area is 380 Å². The van der Waals surface area contributed by atoms with Crippen LogP contribution in [0.4, 0.5) is 9.59 Å². The number of methoxy groups -OCH3 is 6. The first-order valence-electron chi connectivity index (χ1n) is 19.9. The minimum Gasteiger partial charge on any atom is -0.497 e. The number of carbonyl (C=O) groups excluding carboxylic acids is 4. The van der Waals surface area contributed by atoms with E-state index >= 15 is 0 Å². The largest absolute Gasteiger partial charge is 0.497 e. The molecule has 0 unspecified atom stereocenters. The molecule has 2 amide bonds. The van der Waals surface area contributed by atoms with Crippen LogP contribution in [0.5, 0.6) is 23.0 Å². The fourth-order valence-corrected chi connectivity index (χ4v) is 5.87. The highest BCUT2D eigenvalue weighted by Gasteiger charge is 2.27. The summed E-state index contributed by atoms with van der Waals surface area (Å²) in [6.45, 7) is 10.5. The van der Waals surface area contributed by atoms with Crippen LogP contribution in [0.2, 0.25) is 5.02 Å². The molecule has 348 valence electrons. The molecule has 0 aliphatic rings. The lowest BCUT2D eigenvalue weighted by molar-refractivity contribution is -0.143. The summed E-state index contributed by atoms with van der Waals surface area (Å²) >= 11 is 5.81. The summed E-state index contributed by atoms with van der Waals surface area (Å²) in [4.78, 5) is 47.8. The van der Waals surface area contributed by atoms with Gasteiger partial charge in [0.15, 0.2) is 0 Å². The number of amides is 2. The van der Waals surface area contributed by atoms with Gasteiger partial charge in [-0.15, -0.1) is 0 Å². The average molecular weight is 911 g/mol. The number of alkyl carbamates (subject to hydrolysis) is 2. The van der Waals surface area contributed by atoms with Crippen LogP contribution in [0, 0.1) is 0 Å². The van der Waals surface area contributed by atoms with Crippen molar-refractivity contribution in [1.29, 1.82) is 0 Å². The van der Waals surface area contributed by atoms with Crippen LogP contribution in [0.1, 0.15) is 52.7 Å². The molecule has 0 aromatic heterocycles. The highest BCUT2D eigenvalue weighted by Crippen LogP contribution is 2.38. The van der Waals surface area contributed by atoms with Crippen molar-refractivity contribution in [3.05, 3.63) is 101 Å². The maximum Gasteiger partial charge on any atom is 0.496 e. The number of ether oxygens (including phenoxy) is 8. The quantitative estimate of drug-likeness (QED) is 0.0622. The molecule has 4 aromatic carbocycles. The summed E-state index contributed by atoms with van der Waals surface area (Å²) < 4.78 is 40.7. The summed E-state index contributed by atoms with van der Waals surface area (Å²) in [5.74, 6) is 1.11. The first-order chi connectivity index (χ1) is 30.1. The summed E-state index contributed by atoms with van der Waals surface area (Å²) in [5.41, 5.74) is 2.39. The number of hydrogen-bond donors (Lipinski definition) is 4. The van der Waals surface area contributed by atoms with E-state index in [0.29, 0.717) is 34.4 Å². The lowest BCUT2D eigenvalue weighted by atomic mass is 9.78. The van der Waals surface area contributed by atoms with Gasteiger partial charge in [0.25, 0.3) is 0 Å². The second-order valence-corrected chi connectivity index (χ2v) is 16.1. The van der Waals surface area contributed by atoms with E-state index < -0.39 is 54.5 Å². The lowest BCUT2D eigenvalue weighted by Gasteiger charge is -2.22. The zero-order chi connectivity index (χ0) is 48.2. The first-order valence-corrected chi connectivity index (χ1v) is 20.2. The molecule has 0 bridgehead atoms. The first kappa shape index (κ1) is 54.0. The Morgan fingerprint density at radius 2 is 0.906 bits per heavy atom. The van der Waals surface area contributed by atoms with E-state index in [1.165, 1.54) is 28.4 Å². The molecule has 64 heavy (non-hydrogen) atoms. The molecule has 0 saturated heterocycles. The average Bonchev–Trinajstić information content (AvgIpc) is 3.24. The van der Waals surface area contributed by atoms with E-state index in [4.69, 9.17) is 59.5 Å². The number of rotatable bonds is 14. The predicted octanol–water partition coefficient (Wildman–Crippen LogP) is 6.31. The standard InChI is InChI=1S/C23H29NO6.C15H20ClNO4.C8H11BO4/c1-23(2,3)30-22(26)24-17(21(25)29-6)14-15-10-12-16(13-11-15)20-18(27-4)8-7-9-19(20)28-5;1-15(2,3)21-14(19)17-12(13(18)20-4)9-10-5-7-11(16)8-6-10;1-12-6-4-3-5-7(13-2)8(6)9(10)11/h7-13,17H,14H2,1-6H3,(H,24,26);5-8,12H,9H2,1-4H3,(H,17,19);3-5,10-11H,1-2H3/t17-;12-;/m00./s1. The van der Waals surface area contributed by atoms with Gasteiger partial charge in [-0.2, -0.15) is 0 Å². The normalized spacial score (nSPS) is 11.6. The fraction of sp³-hybridized carbons (Fsp3) is 0.391. The minimum absolute atomic E-state index is 0.243. The van der Waals surface area contributed by atoms with Gasteiger partial charge in [-0.05, 0) is 94.6 Å². The van der Waals surface area contributed by atoms with E-state index in [1.54, 1.807) is 98.2 Å². The SMILES string of the molecule is COC(=O)[C@H](Cc1ccc(-c2c(OC)cccc2OC)cc1)NC(=O)OC(C)(C)C.COC(=O)[C@H](Cc1ccc(Cl)cc1)NC(=O)OC(C)(C)C.COc1cccc(OC)c1B(O)O. The van der Waals surface area contributed by atoms with E-state index in [1.807, 2.05) is 42.5 Å². The van der Waals surface area contributed by atoms with Crippen LogP contribution < -0.4 is 35.0 Å². The molecule has 2 atom stereocenters. The maximum atomic E-state index is 12.1. The van der Waals surface area contributed by atoms with Crippen LogP contribution in [-0.4, -0.2) is 107 Å². The molecule has 0 aliphatic heterocycles. The van der Waals surface area contributed by atoms with E-state index in [9.17, 15) is 19.2 Å². The lowest BCUT2D eigenvalue weighted by Crippen LogP contribution is -2.45. The second-order valence-electron chi connectivity index (χ2n) is 15.7. The maximum absolute atomic E-state index is 12.1. The molecule has 0 fully saturated rings. The Morgan fingerprint density at radius 1 is 0.562 bits per heavy atom. The number of esters is 2. The summed E-state index contributed by atoms with van der Waals surface area (Å²) in [5, 5.41) is 23.8. The van der Waals surface area contributed by atoms with Crippen molar-refractivity contribution in [3.63, 3.8) is 0 Å². The van der Waals surface area contributed by atoms with Crippen LogP contribution >= 0.6 is 11.6 Å². The molecule has 0 saturated carbocycles. The zero-order valence-electron chi connectivity index (χ0n) is 38.4. The number of benzene rings is 4. The molecule has 0 spiro atoms. The van der Waals surface area contributed by atoms with Gasteiger partial charge in [-0.1, -0.05) is 60.1 Å². The van der Waals surface area contributed by atoms with Gasteiger partial charge in [0.05, 0.1) is 53.7 Å². The third-order valence-electron chi connectivity index (χ3n) is 8.54. The Morgan fingerprint density at radius 3 is 1.22 bits per heavy atom. The molecule has 4 aromatic rings. The van der Waals surface area contributed by atoms with Crippen molar-refractivity contribution in [2.45, 2.75) is 77.7 Å². The van der Waals surface area contributed by atoms with Gasteiger partial charge in [-0.25, -0.2) is 19.2 Å². The van der Waals surface area contributed by atoms with Gasteiger partial charge in [0.1, 0.15) is 46.3 Å². The van der Waals surface area contributed by atoms with Crippen LogP contribution in [0.3, 0.4) is 0 Å². The van der Waals surface area contributed by atoms with E-state index in [2.05, 4.69) is 10.6 Å². The highest BCUT2D eigenvalue weighted by atomic mass is 35.5. The fourth-order valence-electron chi connectivity index (χ4n) is 5.74. The van der Waals surface area contributed by atoms with Crippen molar-refractivity contribution in [2.24, 2.45) is 0 Å². The molecule has 4 N–H and O–H groups in total. The Bertz CT molecular complexity index is 2060. The molecule has 18 heteroatoms. The van der Waals surface area contributed by atoms with Gasteiger partial charge < -0.3 is 58.6 Å². The van der Waals surface area contributed by atoms with E-state index in [-0.39, 0.29) is 11.9 Å². The minimum atomic E-state index is -1.59. The molecular formula is C46H60BClN2O14. The number of carbonyl (C=O) groups is 4. The highest BCUT2D eigenvalue weighted by molar-refractivity contribution is 6.61. The number of nitrogens with one attached hydrogen (secondary N) is 2. The topological polar surface area (TPSA) is 207 Å². The Kier molecular flexibility index (Phi) is 21.8. The van der Waals surface area contributed by atoms with Gasteiger partial charge in [0, 0.05) is 17.9 Å². The van der Waals surface area contributed by atoms with Gasteiger partial charge in [0.2, 0.25) is 0 Å². The smallest absolute Gasteiger partial charge is 0.496 e. The molecule has 4 rings (SSSR count). The molecule has 0 aliphatic carbocycles. The Hall–Kier alpha value is -6.17. The number of hydrogen-bond acceptors (Lipinski definition) is 14. The van der Waals surface area contributed by atoms with Crippen molar-refractivity contribution in [3.8, 4) is 34.1 Å². The van der Waals surface area contributed by atoms with Crippen molar-refractivity contribution in [2.75, 3.05) is 42.7 Å². The molecule has 0 radical (unpaired) electrons. The van der Waals surface area contributed by atoms with Crippen LogP contribution in [-0.2, 0) is 41.4 Å². The monoisotopic (exact) mass is 910 g/mol. The van der Waals surface area contributed by atoms with Crippen molar-refractivity contribution in [1.82, 2.24) is 10.6 Å². The van der Waals surface area contributed by atoms with Gasteiger partial charge >= 0.3 is 31.2 Å². The van der Waals surface area contributed by atoms with Crippen LogP contribution in [0.25, 0.3) is 11.1 Å². The summed E-state index contributed by atoms with van der Waals surface area (Å²) in [7, 11) is 7.09. The third kappa shape index (κ3) is 18.3. The Balaban J connectivity index is 0.000000359. The van der Waals surface area contributed by atoms with E-state index in [0.717, 1.165) is 22.3 Å². The van der Waals surface area contributed by atoms with Crippen molar-refractivity contribution < 1.29 is 67.1 Å². The molecular weight excluding hydrogens is 851 g/mol. The van der Waals surface area contributed by atoms with Gasteiger partial charge in [-0.3, -0.25) is 0 Å². The van der Waals surface area contributed by atoms with Crippen molar-refractivity contribution >= 4 is 48.3 Å². The van der Waals surface area contributed by atoms with Crippen LogP contribution in [0.15, 0.2) is 84.9 Å². The molecule has 0 heterocycles. The summed E-state index contributed by atoms with van der Waals surface area (Å²) in [6.07, 6.45) is -0.779.